The van der Waals surface area contributed by atoms with Crippen LogP contribution in [0.5, 0.6) is 0 Å². The Morgan fingerprint density at radius 3 is 1.33 bits per heavy atom. The first-order valence-corrected chi connectivity index (χ1v) is 17.1. The SMILES string of the molecule is CC(=O)O[C@@H]1O[C@H](COC(c2ccccc2)(c2ccccc2)c2ccccc2)[C@@H](OCc2ccccc2)[C@H](OCc2ccccc2)[C@H]1OC(C)=O. The van der Waals surface area contributed by atoms with E-state index >= 15 is 0 Å². The highest BCUT2D eigenvalue weighted by Crippen LogP contribution is 2.41. The normalized spacial score (nSPS) is 20.3. The molecule has 1 heterocycles. The first-order chi connectivity index (χ1) is 24.9. The maximum absolute atomic E-state index is 12.5. The molecule has 0 saturated carbocycles. The van der Waals surface area contributed by atoms with Gasteiger partial charge >= 0.3 is 11.9 Å². The van der Waals surface area contributed by atoms with Crippen LogP contribution in [0.15, 0.2) is 152 Å². The Morgan fingerprint density at radius 1 is 0.529 bits per heavy atom. The largest absolute Gasteiger partial charge is 0.453 e. The van der Waals surface area contributed by atoms with Crippen molar-refractivity contribution in [2.24, 2.45) is 0 Å². The molecule has 1 saturated heterocycles. The maximum Gasteiger partial charge on any atom is 0.305 e. The van der Waals surface area contributed by atoms with Gasteiger partial charge in [0.1, 0.15) is 23.9 Å². The fourth-order valence-electron chi connectivity index (χ4n) is 6.49. The Bertz CT molecular complexity index is 1710. The van der Waals surface area contributed by atoms with Crippen molar-refractivity contribution in [2.75, 3.05) is 6.61 Å². The highest BCUT2D eigenvalue weighted by atomic mass is 16.7. The van der Waals surface area contributed by atoms with Crippen LogP contribution in [0.1, 0.15) is 41.7 Å². The Labute approximate surface area is 298 Å². The number of hydrogen-bond acceptors (Lipinski definition) is 8. The van der Waals surface area contributed by atoms with Crippen LogP contribution in [0, 0.1) is 0 Å². The van der Waals surface area contributed by atoms with Gasteiger partial charge in [-0.05, 0) is 27.8 Å². The Morgan fingerprint density at radius 2 is 0.922 bits per heavy atom. The molecule has 5 aromatic rings. The lowest BCUT2D eigenvalue weighted by atomic mass is 9.80. The van der Waals surface area contributed by atoms with Gasteiger partial charge in [0.15, 0.2) is 6.10 Å². The van der Waals surface area contributed by atoms with E-state index in [9.17, 15) is 9.59 Å². The molecule has 8 heteroatoms. The van der Waals surface area contributed by atoms with E-state index in [4.69, 9.17) is 28.4 Å². The minimum atomic E-state index is -1.29. The van der Waals surface area contributed by atoms with Crippen molar-refractivity contribution in [1.29, 1.82) is 0 Å². The molecule has 0 aliphatic carbocycles. The summed E-state index contributed by atoms with van der Waals surface area (Å²) >= 11 is 0. The highest BCUT2D eigenvalue weighted by Gasteiger charge is 2.52. The van der Waals surface area contributed by atoms with E-state index in [-0.39, 0.29) is 19.8 Å². The van der Waals surface area contributed by atoms with E-state index in [0.29, 0.717) is 0 Å². The van der Waals surface area contributed by atoms with E-state index in [1.165, 1.54) is 13.8 Å². The van der Waals surface area contributed by atoms with Gasteiger partial charge in [0, 0.05) is 13.8 Å². The molecule has 8 nitrogen and oxygen atoms in total. The summed E-state index contributed by atoms with van der Waals surface area (Å²) in [5, 5.41) is 0. The predicted octanol–water partition coefficient (Wildman–Crippen LogP) is 7.39. The highest BCUT2D eigenvalue weighted by molar-refractivity contribution is 5.67. The zero-order valence-electron chi connectivity index (χ0n) is 28.7. The number of rotatable bonds is 14. The summed E-state index contributed by atoms with van der Waals surface area (Å²) in [6, 6.07) is 49.4. The van der Waals surface area contributed by atoms with Gasteiger partial charge in [-0.15, -0.1) is 0 Å². The maximum atomic E-state index is 12.5. The molecule has 6 rings (SSSR count). The van der Waals surface area contributed by atoms with Crippen molar-refractivity contribution >= 4 is 11.9 Å². The van der Waals surface area contributed by atoms with Crippen LogP contribution in [-0.4, -0.2) is 49.3 Å². The molecule has 1 aliphatic heterocycles. The predicted molar refractivity (Wildman–Crippen MR) is 191 cm³/mol. The van der Waals surface area contributed by atoms with Crippen molar-refractivity contribution in [2.45, 2.75) is 63.4 Å². The summed E-state index contributed by atoms with van der Waals surface area (Å²) in [5.41, 5.74) is 3.49. The number of ether oxygens (including phenoxy) is 6. The van der Waals surface area contributed by atoms with Crippen molar-refractivity contribution in [3.05, 3.63) is 179 Å². The zero-order valence-corrected chi connectivity index (χ0v) is 28.7. The third-order valence-electron chi connectivity index (χ3n) is 8.75. The third kappa shape index (κ3) is 8.79. The van der Waals surface area contributed by atoms with Crippen LogP contribution >= 0.6 is 0 Å². The van der Waals surface area contributed by atoms with Gasteiger partial charge in [-0.1, -0.05) is 152 Å². The third-order valence-corrected chi connectivity index (χ3v) is 8.75. The second kappa shape index (κ2) is 17.2. The van der Waals surface area contributed by atoms with Crippen LogP contribution in [-0.2, 0) is 56.8 Å². The second-order valence-electron chi connectivity index (χ2n) is 12.3. The molecule has 0 unspecified atom stereocenters. The van der Waals surface area contributed by atoms with Crippen LogP contribution in [0.4, 0.5) is 0 Å². The fourth-order valence-corrected chi connectivity index (χ4v) is 6.49. The molecular weight excluding hydrogens is 644 g/mol. The van der Waals surface area contributed by atoms with Gasteiger partial charge in [0.2, 0.25) is 6.29 Å². The first kappa shape index (κ1) is 35.7. The molecule has 0 radical (unpaired) electrons. The molecule has 0 amide bonds. The van der Waals surface area contributed by atoms with Gasteiger partial charge in [-0.3, -0.25) is 9.59 Å². The molecule has 1 fully saturated rings. The molecule has 5 aromatic carbocycles. The molecule has 0 aromatic heterocycles. The van der Waals surface area contributed by atoms with Crippen molar-refractivity contribution in [3.8, 4) is 0 Å². The Kier molecular flexibility index (Phi) is 12.0. The number of benzene rings is 5. The Balaban J connectivity index is 1.43. The van der Waals surface area contributed by atoms with Gasteiger partial charge in [0.25, 0.3) is 0 Å². The smallest absolute Gasteiger partial charge is 0.305 e. The number of carbonyl (C=O) groups excluding carboxylic acids is 2. The second-order valence-corrected chi connectivity index (χ2v) is 12.3. The van der Waals surface area contributed by atoms with Gasteiger partial charge in [-0.2, -0.15) is 0 Å². The van der Waals surface area contributed by atoms with Crippen LogP contribution in [0.2, 0.25) is 0 Å². The van der Waals surface area contributed by atoms with E-state index < -0.39 is 48.2 Å². The molecular formula is C43H42O8. The minimum absolute atomic E-state index is 0.0199. The van der Waals surface area contributed by atoms with Crippen LogP contribution in [0.3, 0.4) is 0 Å². The van der Waals surface area contributed by atoms with Crippen molar-refractivity contribution < 1.29 is 38.0 Å². The summed E-state index contributed by atoms with van der Waals surface area (Å²) in [5.74, 6) is -1.18. The summed E-state index contributed by atoms with van der Waals surface area (Å²) in [7, 11) is 0. The molecule has 1 aliphatic rings. The average molecular weight is 687 g/mol. The summed E-state index contributed by atoms with van der Waals surface area (Å²) in [6.45, 7) is 2.94. The number of hydrogen-bond donors (Lipinski definition) is 0. The van der Waals surface area contributed by atoms with E-state index in [1.807, 2.05) is 152 Å². The quantitative estimate of drug-likeness (QED) is 0.0883. The topological polar surface area (TPSA) is 89.5 Å². The average Bonchev–Trinajstić information content (AvgIpc) is 3.16. The first-order valence-electron chi connectivity index (χ1n) is 17.1. The molecule has 5 atom stereocenters. The summed E-state index contributed by atoms with van der Waals surface area (Å²) in [6.07, 6.45) is -5.01. The lowest BCUT2D eigenvalue weighted by Gasteiger charge is -2.46. The van der Waals surface area contributed by atoms with Gasteiger partial charge in [-0.25, -0.2) is 0 Å². The minimum Gasteiger partial charge on any atom is -0.453 e. The van der Waals surface area contributed by atoms with Crippen molar-refractivity contribution in [3.63, 3.8) is 0 Å². The van der Waals surface area contributed by atoms with Crippen LogP contribution in [0.25, 0.3) is 0 Å². The molecule has 0 bridgehead atoms. The van der Waals surface area contributed by atoms with Gasteiger partial charge in [0.05, 0.1) is 19.8 Å². The Hall–Kier alpha value is -5.12. The van der Waals surface area contributed by atoms with Crippen molar-refractivity contribution in [1.82, 2.24) is 0 Å². The van der Waals surface area contributed by atoms with Crippen LogP contribution < -0.4 is 0 Å². The molecule has 51 heavy (non-hydrogen) atoms. The summed E-state index contributed by atoms with van der Waals surface area (Å²) in [4.78, 5) is 25.0. The molecule has 0 spiro atoms. The van der Waals surface area contributed by atoms with Gasteiger partial charge < -0.3 is 28.4 Å². The summed E-state index contributed by atoms with van der Waals surface area (Å²) < 4.78 is 38.5. The lowest BCUT2D eigenvalue weighted by molar-refractivity contribution is -0.314. The zero-order chi connectivity index (χ0) is 35.5. The standard InChI is InChI=1S/C43H42O8/c1-31(44)49-41-40(47-29-34-20-10-4-11-21-34)39(46-28-33-18-8-3-9-19-33)38(51-42(41)50-32(2)45)30-48-43(35-22-12-5-13-23-35,36-24-14-6-15-25-36)37-26-16-7-17-27-37/h3-27,38-42H,28-30H2,1-2H3/t38-,39-,40+,41-,42-/m1/s1. The monoisotopic (exact) mass is 686 g/mol. The molecule has 262 valence electrons. The fraction of sp³-hybridized carbons (Fsp3) is 0.256. The molecule has 0 N–H and O–H groups in total. The number of esters is 2. The number of carbonyl (C=O) groups is 2. The van der Waals surface area contributed by atoms with E-state index in [0.717, 1.165) is 27.8 Å². The van der Waals surface area contributed by atoms with E-state index in [2.05, 4.69) is 0 Å². The lowest BCUT2D eigenvalue weighted by Crippen LogP contribution is -2.62. The van der Waals surface area contributed by atoms with E-state index in [1.54, 1.807) is 0 Å².